The lowest BCUT2D eigenvalue weighted by Crippen LogP contribution is -2.45. The molecule has 0 spiro atoms. The third-order valence-electron chi connectivity index (χ3n) is 4.02. The predicted octanol–water partition coefficient (Wildman–Crippen LogP) is -2.09. The van der Waals surface area contributed by atoms with Gasteiger partial charge in [0, 0.05) is 12.3 Å². The van der Waals surface area contributed by atoms with Crippen molar-refractivity contribution >= 4 is 23.5 Å². The molecular formula is C10H15N2O15P3. The standard InChI is InChI=1S/C10H15N2O15P3/c13-5-1-2-12(9(15)11-5)8-6-7(14)10(25-8,3-23-6)4-24-29(19,20)27-30(21,22)26-28(16,17)18/h1-2,6-8,14H,3-4H2,(H,19,20)(H,21,22)(H,11,13,15)(H2,16,17,18)/t6?,7?,8-,10-/m1/s1. The Morgan fingerprint density at radius 3 is 2.43 bits per heavy atom. The van der Waals surface area contributed by atoms with Gasteiger partial charge >= 0.3 is 29.2 Å². The van der Waals surface area contributed by atoms with Crippen molar-refractivity contribution in [1.82, 2.24) is 9.55 Å². The molecule has 6 atom stereocenters. The number of ether oxygens (including phenoxy) is 2. The number of aromatic amines is 1. The minimum absolute atomic E-state index is 0.386. The van der Waals surface area contributed by atoms with Crippen LogP contribution in [0.5, 0.6) is 0 Å². The third-order valence-corrected chi connectivity index (χ3v) is 7.80. The maximum atomic E-state index is 11.9. The molecule has 1 aromatic rings. The van der Waals surface area contributed by atoms with Crippen LogP contribution in [0.2, 0.25) is 0 Å². The van der Waals surface area contributed by atoms with Crippen LogP contribution in [0.1, 0.15) is 6.23 Å². The molecule has 0 amide bonds. The van der Waals surface area contributed by atoms with E-state index in [2.05, 4.69) is 13.1 Å². The summed E-state index contributed by atoms with van der Waals surface area (Å²) in [6.07, 6.45) is -2.84. The molecule has 17 nitrogen and oxygen atoms in total. The molecule has 1 aromatic heterocycles. The number of hydrogen-bond acceptors (Lipinski definition) is 11. The zero-order valence-electron chi connectivity index (χ0n) is 14.4. The maximum absolute atomic E-state index is 11.9. The highest BCUT2D eigenvalue weighted by atomic mass is 31.3. The Bertz CT molecular complexity index is 1080. The molecule has 2 saturated heterocycles. The zero-order chi connectivity index (χ0) is 22.5. The fourth-order valence-corrected chi connectivity index (χ4v) is 5.94. The average molecular weight is 496 g/mol. The lowest BCUT2D eigenvalue weighted by molar-refractivity contribution is -0.186. The first-order valence-corrected chi connectivity index (χ1v) is 12.2. The number of aliphatic hydroxyl groups excluding tert-OH is 1. The summed E-state index contributed by atoms with van der Waals surface area (Å²) in [7, 11) is -16.7. The van der Waals surface area contributed by atoms with Crippen molar-refractivity contribution in [3.63, 3.8) is 0 Å². The summed E-state index contributed by atoms with van der Waals surface area (Å²) in [6, 6.07) is 1.00. The van der Waals surface area contributed by atoms with E-state index in [1.54, 1.807) is 0 Å². The molecule has 30 heavy (non-hydrogen) atoms. The first kappa shape index (κ1) is 23.6. The first-order chi connectivity index (χ1) is 13.6. The van der Waals surface area contributed by atoms with Crippen LogP contribution < -0.4 is 11.2 Å². The lowest BCUT2D eigenvalue weighted by atomic mass is 10.0. The van der Waals surface area contributed by atoms with Crippen LogP contribution in [0.25, 0.3) is 0 Å². The molecule has 0 radical (unpaired) electrons. The molecule has 0 aromatic carbocycles. The van der Waals surface area contributed by atoms with Gasteiger partial charge in [-0.25, -0.2) is 18.5 Å². The fraction of sp³-hybridized carbons (Fsp3) is 0.600. The van der Waals surface area contributed by atoms with E-state index < -0.39 is 65.4 Å². The highest BCUT2D eigenvalue weighted by Gasteiger charge is 2.63. The van der Waals surface area contributed by atoms with Crippen molar-refractivity contribution in [3.8, 4) is 0 Å². The van der Waals surface area contributed by atoms with Crippen molar-refractivity contribution < 1.29 is 61.0 Å². The second-order valence-corrected chi connectivity index (χ2v) is 10.6. The number of rotatable bonds is 8. The molecule has 0 aliphatic carbocycles. The Hall–Kier alpha value is -1.03. The van der Waals surface area contributed by atoms with E-state index >= 15 is 0 Å². The number of phosphoric acid groups is 3. The van der Waals surface area contributed by atoms with Gasteiger partial charge in [0.1, 0.15) is 17.8 Å². The Labute approximate surface area is 165 Å². The van der Waals surface area contributed by atoms with Crippen molar-refractivity contribution in [1.29, 1.82) is 0 Å². The maximum Gasteiger partial charge on any atom is 0.490 e. The number of nitrogens with one attached hydrogen (secondary N) is 1. The second-order valence-electron chi connectivity index (χ2n) is 6.18. The van der Waals surface area contributed by atoms with Crippen LogP contribution in [0.4, 0.5) is 0 Å². The molecule has 2 aliphatic rings. The number of aliphatic hydroxyl groups is 1. The molecule has 3 rings (SSSR count). The summed E-state index contributed by atoms with van der Waals surface area (Å²) < 4.78 is 57.2. The minimum Gasteiger partial charge on any atom is -0.387 e. The number of phosphoric ester groups is 1. The second kappa shape index (κ2) is 7.83. The van der Waals surface area contributed by atoms with Gasteiger partial charge < -0.3 is 34.2 Å². The SMILES string of the molecule is O=c1ccn([C@@H]2O[C@@]3(COP(=O)(O)OP(=O)(O)OP(=O)(O)O)COC2C3O)c(=O)[nH]1. The minimum atomic E-state index is -5.72. The van der Waals surface area contributed by atoms with E-state index in [1.165, 1.54) is 0 Å². The molecule has 3 heterocycles. The van der Waals surface area contributed by atoms with Crippen molar-refractivity contribution in [3.05, 3.63) is 33.1 Å². The normalized spacial score (nSPS) is 32.6. The predicted molar refractivity (Wildman–Crippen MR) is 89.7 cm³/mol. The van der Waals surface area contributed by atoms with Crippen LogP contribution in [-0.4, -0.2) is 65.3 Å². The van der Waals surface area contributed by atoms with Crippen LogP contribution in [0.3, 0.4) is 0 Å². The summed E-state index contributed by atoms with van der Waals surface area (Å²) in [5.41, 5.74) is -3.40. The Kier molecular flexibility index (Phi) is 6.17. The van der Waals surface area contributed by atoms with Gasteiger partial charge in [0.05, 0.1) is 13.2 Å². The molecule has 2 bridgehead atoms. The average Bonchev–Trinajstić information content (AvgIpc) is 3.00. The highest BCUT2D eigenvalue weighted by Crippen LogP contribution is 2.66. The molecular weight excluding hydrogens is 481 g/mol. The Morgan fingerprint density at radius 2 is 1.83 bits per heavy atom. The number of nitrogens with zero attached hydrogens (tertiary/aromatic N) is 1. The fourth-order valence-electron chi connectivity index (χ4n) is 2.86. The summed E-state index contributed by atoms with van der Waals surface area (Å²) in [6.45, 7) is -1.35. The molecule has 170 valence electrons. The van der Waals surface area contributed by atoms with Crippen LogP contribution in [0, 0.1) is 0 Å². The summed E-state index contributed by atoms with van der Waals surface area (Å²) in [5, 5.41) is 10.4. The van der Waals surface area contributed by atoms with Gasteiger partial charge in [-0.2, -0.15) is 8.62 Å². The molecule has 2 aliphatic heterocycles. The van der Waals surface area contributed by atoms with Crippen molar-refractivity contribution in [2.24, 2.45) is 0 Å². The Balaban J connectivity index is 1.73. The van der Waals surface area contributed by atoms with E-state index in [1.807, 2.05) is 4.98 Å². The van der Waals surface area contributed by atoms with E-state index in [0.29, 0.717) is 0 Å². The van der Waals surface area contributed by atoms with Crippen molar-refractivity contribution in [2.45, 2.75) is 24.0 Å². The quantitative estimate of drug-likeness (QED) is 0.211. The van der Waals surface area contributed by atoms with Crippen LogP contribution in [-0.2, 0) is 36.3 Å². The summed E-state index contributed by atoms with van der Waals surface area (Å²) in [4.78, 5) is 60.7. The summed E-state index contributed by atoms with van der Waals surface area (Å²) >= 11 is 0. The van der Waals surface area contributed by atoms with E-state index in [-0.39, 0.29) is 6.61 Å². The third kappa shape index (κ3) is 5.06. The van der Waals surface area contributed by atoms with Gasteiger partial charge in [-0.1, -0.05) is 0 Å². The number of H-pyrrole nitrogens is 1. The van der Waals surface area contributed by atoms with E-state index in [4.69, 9.17) is 24.2 Å². The van der Waals surface area contributed by atoms with Gasteiger partial charge in [0.25, 0.3) is 5.56 Å². The zero-order valence-corrected chi connectivity index (χ0v) is 17.1. The van der Waals surface area contributed by atoms with Gasteiger partial charge in [-0.15, -0.1) is 0 Å². The van der Waals surface area contributed by atoms with Crippen molar-refractivity contribution in [2.75, 3.05) is 13.2 Å². The highest BCUT2D eigenvalue weighted by molar-refractivity contribution is 7.66. The lowest BCUT2D eigenvalue weighted by Gasteiger charge is -2.31. The number of fused-ring (bicyclic) bond motifs is 2. The monoisotopic (exact) mass is 496 g/mol. The molecule has 0 saturated carbocycles. The molecule has 2 fully saturated rings. The van der Waals surface area contributed by atoms with Crippen LogP contribution >= 0.6 is 23.5 Å². The van der Waals surface area contributed by atoms with Gasteiger partial charge in [-0.05, 0) is 0 Å². The first-order valence-electron chi connectivity index (χ1n) is 7.70. The van der Waals surface area contributed by atoms with Crippen LogP contribution in [0.15, 0.2) is 21.9 Å². The van der Waals surface area contributed by atoms with E-state index in [0.717, 1.165) is 16.8 Å². The summed E-state index contributed by atoms with van der Waals surface area (Å²) in [5.74, 6) is 0. The molecule has 20 heteroatoms. The molecule has 4 unspecified atom stereocenters. The topological polar surface area (TPSA) is 253 Å². The van der Waals surface area contributed by atoms with Gasteiger partial charge in [0.15, 0.2) is 6.23 Å². The largest absolute Gasteiger partial charge is 0.490 e. The van der Waals surface area contributed by atoms with Gasteiger partial charge in [-0.3, -0.25) is 18.9 Å². The van der Waals surface area contributed by atoms with Gasteiger partial charge in [0.2, 0.25) is 0 Å². The smallest absolute Gasteiger partial charge is 0.387 e. The number of hydrogen-bond donors (Lipinski definition) is 6. The number of aromatic nitrogens is 2. The Morgan fingerprint density at radius 1 is 1.17 bits per heavy atom. The van der Waals surface area contributed by atoms with E-state index in [9.17, 15) is 33.3 Å². The molecule has 6 N–H and O–H groups in total.